The van der Waals surface area contributed by atoms with Crippen molar-refractivity contribution in [3.8, 4) is 0 Å². The van der Waals surface area contributed by atoms with Crippen molar-refractivity contribution in [1.82, 2.24) is 19.6 Å². The van der Waals surface area contributed by atoms with Gasteiger partial charge in [0.1, 0.15) is 6.33 Å². The first-order valence-corrected chi connectivity index (χ1v) is 5.27. The van der Waals surface area contributed by atoms with Crippen molar-refractivity contribution in [1.29, 1.82) is 0 Å². The van der Waals surface area contributed by atoms with Gasteiger partial charge in [-0.25, -0.2) is 4.98 Å². The minimum atomic E-state index is -0.0548. The topological polar surface area (TPSA) is 64.3 Å². The first-order chi connectivity index (χ1) is 7.77. The van der Waals surface area contributed by atoms with Gasteiger partial charge in [0.15, 0.2) is 5.82 Å². The Kier molecular flexibility index (Phi) is 2.03. The molecule has 6 nitrogen and oxygen atoms in total. The van der Waals surface area contributed by atoms with Crippen LogP contribution in [-0.2, 0) is 4.74 Å². The van der Waals surface area contributed by atoms with Gasteiger partial charge in [-0.05, 0) is 13.3 Å². The molecule has 1 fully saturated rings. The van der Waals surface area contributed by atoms with Crippen molar-refractivity contribution in [2.45, 2.75) is 18.9 Å². The Morgan fingerprint density at radius 3 is 3.31 bits per heavy atom. The van der Waals surface area contributed by atoms with Gasteiger partial charge in [0.05, 0.1) is 12.1 Å². The highest BCUT2D eigenvalue weighted by molar-refractivity contribution is 5.62. The van der Waals surface area contributed by atoms with E-state index in [1.54, 1.807) is 12.5 Å². The molecule has 3 rings (SSSR count). The molecule has 1 atom stereocenters. The second-order valence-corrected chi connectivity index (χ2v) is 4.33. The van der Waals surface area contributed by atoms with Gasteiger partial charge < -0.3 is 10.1 Å². The Morgan fingerprint density at radius 1 is 1.56 bits per heavy atom. The fourth-order valence-corrected chi connectivity index (χ4v) is 1.90. The molecule has 0 saturated carbocycles. The van der Waals surface area contributed by atoms with Crippen LogP contribution in [0.5, 0.6) is 0 Å². The number of hydrogen-bond acceptors (Lipinski definition) is 5. The highest BCUT2D eigenvalue weighted by Crippen LogP contribution is 2.24. The molecule has 0 radical (unpaired) electrons. The molecule has 6 heteroatoms. The summed E-state index contributed by atoms with van der Waals surface area (Å²) in [7, 11) is 0. The maximum absolute atomic E-state index is 5.39. The van der Waals surface area contributed by atoms with Crippen LogP contribution in [0.15, 0.2) is 18.7 Å². The number of rotatable bonds is 2. The molecule has 1 aliphatic heterocycles. The van der Waals surface area contributed by atoms with Crippen LogP contribution in [0.2, 0.25) is 0 Å². The van der Waals surface area contributed by atoms with Crippen LogP contribution in [0.1, 0.15) is 13.3 Å². The third-order valence-corrected chi connectivity index (χ3v) is 2.85. The minimum Gasteiger partial charge on any atom is -0.379 e. The lowest BCUT2D eigenvalue weighted by Crippen LogP contribution is -2.35. The van der Waals surface area contributed by atoms with Gasteiger partial charge in [0.2, 0.25) is 5.65 Å². The van der Waals surface area contributed by atoms with Gasteiger partial charge >= 0.3 is 0 Å². The average molecular weight is 219 g/mol. The van der Waals surface area contributed by atoms with E-state index in [4.69, 9.17) is 4.74 Å². The maximum Gasteiger partial charge on any atom is 0.203 e. The van der Waals surface area contributed by atoms with E-state index < -0.39 is 0 Å². The van der Waals surface area contributed by atoms with Crippen LogP contribution in [0, 0.1) is 0 Å². The lowest BCUT2D eigenvalue weighted by atomic mass is 10.0. The number of aromatic nitrogens is 4. The van der Waals surface area contributed by atoms with Crippen LogP contribution >= 0.6 is 0 Å². The van der Waals surface area contributed by atoms with E-state index in [2.05, 4.69) is 27.4 Å². The summed E-state index contributed by atoms with van der Waals surface area (Å²) in [6.45, 7) is 3.62. The summed E-state index contributed by atoms with van der Waals surface area (Å²) in [6.07, 6.45) is 6.20. The average Bonchev–Trinajstić information content (AvgIpc) is 2.87. The number of nitrogens with one attached hydrogen (secondary N) is 1. The molecule has 2 aromatic rings. The summed E-state index contributed by atoms with van der Waals surface area (Å²) in [5.74, 6) is 0.757. The van der Waals surface area contributed by atoms with E-state index in [1.807, 2.05) is 10.6 Å². The molecular weight excluding hydrogens is 206 g/mol. The van der Waals surface area contributed by atoms with Crippen molar-refractivity contribution in [3.05, 3.63) is 18.7 Å². The summed E-state index contributed by atoms with van der Waals surface area (Å²) in [5.41, 5.74) is 0.691. The van der Waals surface area contributed by atoms with Crippen LogP contribution in [0.3, 0.4) is 0 Å². The molecule has 2 aromatic heterocycles. The number of nitrogens with zero attached hydrogens (tertiary/aromatic N) is 4. The first-order valence-electron chi connectivity index (χ1n) is 5.27. The normalized spacial score (nSPS) is 25.1. The molecule has 84 valence electrons. The number of anilines is 1. The third kappa shape index (κ3) is 1.51. The van der Waals surface area contributed by atoms with Gasteiger partial charge in [-0.15, -0.1) is 10.2 Å². The fourth-order valence-electron chi connectivity index (χ4n) is 1.90. The summed E-state index contributed by atoms with van der Waals surface area (Å²) in [6, 6.07) is 0. The standard InChI is InChI=1S/C10H13N5O/c1-10(2-5-16-6-10)13-8-9-14-12-7-15(9)4-3-11-8/h3-4,7H,2,5-6H2,1H3,(H,11,13). The minimum absolute atomic E-state index is 0.0548. The highest BCUT2D eigenvalue weighted by Gasteiger charge is 2.30. The second-order valence-electron chi connectivity index (χ2n) is 4.33. The highest BCUT2D eigenvalue weighted by atomic mass is 16.5. The monoisotopic (exact) mass is 219 g/mol. The number of hydrogen-bond donors (Lipinski definition) is 1. The largest absolute Gasteiger partial charge is 0.379 e. The third-order valence-electron chi connectivity index (χ3n) is 2.85. The molecule has 0 aromatic carbocycles. The van der Waals surface area contributed by atoms with Crippen LogP contribution in [0.25, 0.3) is 5.65 Å². The Balaban J connectivity index is 1.96. The van der Waals surface area contributed by atoms with Gasteiger partial charge in [-0.1, -0.05) is 0 Å². The molecular formula is C10H13N5O. The fraction of sp³-hybridized carbons (Fsp3) is 0.500. The first kappa shape index (κ1) is 9.53. The van der Waals surface area contributed by atoms with E-state index in [0.717, 1.165) is 24.5 Å². The zero-order valence-corrected chi connectivity index (χ0v) is 9.05. The molecule has 0 aliphatic carbocycles. The summed E-state index contributed by atoms with van der Waals surface area (Å²) < 4.78 is 7.23. The summed E-state index contributed by atoms with van der Waals surface area (Å²) in [5, 5.41) is 11.3. The van der Waals surface area contributed by atoms with Gasteiger partial charge in [0, 0.05) is 19.0 Å². The molecule has 0 bridgehead atoms. The molecule has 3 heterocycles. The molecule has 1 N–H and O–H groups in total. The Hall–Kier alpha value is -1.69. The van der Waals surface area contributed by atoms with Crippen LogP contribution in [0.4, 0.5) is 5.82 Å². The van der Waals surface area contributed by atoms with Gasteiger partial charge in [-0.3, -0.25) is 4.40 Å². The van der Waals surface area contributed by atoms with E-state index >= 15 is 0 Å². The zero-order valence-electron chi connectivity index (χ0n) is 9.05. The molecule has 1 saturated heterocycles. The SMILES string of the molecule is CC1(Nc2nccn3cnnc23)CCOC1. The van der Waals surface area contributed by atoms with Crippen molar-refractivity contribution < 1.29 is 4.74 Å². The maximum atomic E-state index is 5.39. The Labute approximate surface area is 92.7 Å². The quantitative estimate of drug-likeness (QED) is 0.806. The van der Waals surface area contributed by atoms with Gasteiger partial charge in [0.25, 0.3) is 0 Å². The van der Waals surface area contributed by atoms with Crippen molar-refractivity contribution in [2.75, 3.05) is 18.5 Å². The molecule has 0 spiro atoms. The van der Waals surface area contributed by atoms with E-state index in [-0.39, 0.29) is 5.54 Å². The number of fused-ring (bicyclic) bond motifs is 1. The summed E-state index contributed by atoms with van der Waals surface area (Å²) >= 11 is 0. The Bertz CT molecular complexity index is 503. The zero-order chi connectivity index (χ0) is 11.0. The predicted molar refractivity (Wildman–Crippen MR) is 58.2 cm³/mol. The summed E-state index contributed by atoms with van der Waals surface area (Å²) in [4.78, 5) is 4.30. The predicted octanol–water partition coefficient (Wildman–Crippen LogP) is 0.715. The van der Waals surface area contributed by atoms with Crippen molar-refractivity contribution in [2.24, 2.45) is 0 Å². The molecule has 1 unspecified atom stereocenters. The van der Waals surface area contributed by atoms with Crippen molar-refractivity contribution >= 4 is 11.5 Å². The van der Waals surface area contributed by atoms with Crippen LogP contribution in [-0.4, -0.2) is 38.3 Å². The van der Waals surface area contributed by atoms with E-state index in [1.165, 1.54) is 0 Å². The second kappa shape index (κ2) is 3.41. The Morgan fingerprint density at radius 2 is 2.50 bits per heavy atom. The van der Waals surface area contributed by atoms with E-state index in [9.17, 15) is 0 Å². The molecule has 1 aliphatic rings. The van der Waals surface area contributed by atoms with E-state index in [0.29, 0.717) is 6.61 Å². The van der Waals surface area contributed by atoms with Gasteiger partial charge in [-0.2, -0.15) is 0 Å². The van der Waals surface area contributed by atoms with Crippen LogP contribution < -0.4 is 5.32 Å². The van der Waals surface area contributed by atoms with Crippen molar-refractivity contribution in [3.63, 3.8) is 0 Å². The molecule has 0 amide bonds. The number of ether oxygens (including phenoxy) is 1. The smallest absolute Gasteiger partial charge is 0.203 e. The lowest BCUT2D eigenvalue weighted by molar-refractivity contribution is 0.185. The lowest BCUT2D eigenvalue weighted by Gasteiger charge is -2.23. The molecule has 16 heavy (non-hydrogen) atoms.